The summed E-state index contributed by atoms with van der Waals surface area (Å²) in [6, 6.07) is 8.78. The van der Waals surface area contributed by atoms with Gasteiger partial charge in [-0.1, -0.05) is 26.0 Å². The van der Waals surface area contributed by atoms with E-state index in [1.165, 1.54) is 5.56 Å². The zero-order valence-corrected chi connectivity index (χ0v) is 13.8. The van der Waals surface area contributed by atoms with Gasteiger partial charge < -0.3 is 15.2 Å². The zero-order chi connectivity index (χ0) is 15.7. The Morgan fingerprint density at radius 3 is 2.62 bits per heavy atom. The zero-order valence-electron chi connectivity index (χ0n) is 13.8. The van der Waals surface area contributed by atoms with E-state index >= 15 is 0 Å². The Hall–Kier alpha value is -1.10. The lowest BCUT2D eigenvalue weighted by Gasteiger charge is -2.35. The summed E-state index contributed by atoms with van der Waals surface area (Å²) in [7, 11) is 1.74. The molecule has 1 rings (SSSR count). The summed E-state index contributed by atoms with van der Waals surface area (Å²) in [6.07, 6.45) is 1.01. The maximum absolute atomic E-state index is 6.04. The largest absolute Gasteiger partial charge is 0.494 e. The molecule has 0 aliphatic rings. The lowest BCUT2D eigenvalue weighted by atomic mass is 10.0. The summed E-state index contributed by atoms with van der Waals surface area (Å²) >= 11 is 0. The van der Waals surface area contributed by atoms with Crippen molar-refractivity contribution in [2.45, 2.75) is 39.3 Å². The SMILES string of the molecule is CCCOc1cccc(C(CN)N(CC)C(C)COC)c1. The molecule has 0 aromatic heterocycles. The van der Waals surface area contributed by atoms with Crippen molar-refractivity contribution in [2.75, 3.05) is 33.4 Å². The van der Waals surface area contributed by atoms with Crippen molar-refractivity contribution in [3.63, 3.8) is 0 Å². The first kappa shape index (κ1) is 18.0. The Balaban J connectivity index is 2.91. The monoisotopic (exact) mass is 294 g/mol. The summed E-state index contributed by atoms with van der Waals surface area (Å²) in [5.74, 6) is 0.920. The van der Waals surface area contributed by atoms with E-state index in [0.29, 0.717) is 19.2 Å². The van der Waals surface area contributed by atoms with Crippen LogP contribution in [0.1, 0.15) is 38.8 Å². The molecule has 0 bridgehead atoms. The maximum Gasteiger partial charge on any atom is 0.119 e. The number of rotatable bonds is 10. The minimum atomic E-state index is 0.185. The molecule has 2 atom stereocenters. The van der Waals surface area contributed by atoms with Gasteiger partial charge in [0, 0.05) is 25.7 Å². The molecule has 21 heavy (non-hydrogen) atoms. The topological polar surface area (TPSA) is 47.7 Å². The summed E-state index contributed by atoms with van der Waals surface area (Å²) in [4.78, 5) is 2.38. The van der Waals surface area contributed by atoms with Gasteiger partial charge in [-0.05, 0) is 37.6 Å². The number of likely N-dealkylation sites (N-methyl/N-ethyl adjacent to an activating group) is 1. The molecule has 0 radical (unpaired) electrons. The predicted octanol–water partition coefficient (Wildman–Crippen LogP) is 2.83. The summed E-state index contributed by atoms with van der Waals surface area (Å²) in [5, 5.41) is 0. The van der Waals surface area contributed by atoms with Crippen LogP contribution in [0.2, 0.25) is 0 Å². The number of ether oxygens (including phenoxy) is 2. The molecule has 0 fully saturated rings. The Kier molecular flexibility index (Phi) is 8.35. The number of nitrogens with zero attached hydrogens (tertiary/aromatic N) is 1. The van der Waals surface area contributed by atoms with Crippen molar-refractivity contribution in [2.24, 2.45) is 5.73 Å². The fourth-order valence-corrected chi connectivity index (χ4v) is 2.67. The van der Waals surface area contributed by atoms with Crippen LogP contribution in [0.4, 0.5) is 0 Å². The Labute approximate surface area is 129 Å². The summed E-state index contributed by atoms with van der Waals surface area (Å²) < 4.78 is 11.0. The highest BCUT2D eigenvalue weighted by atomic mass is 16.5. The van der Waals surface area contributed by atoms with Gasteiger partial charge in [0.1, 0.15) is 5.75 Å². The predicted molar refractivity (Wildman–Crippen MR) is 87.7 cm³/mol. The van der Waals surface area contributed by atoms with Gasteiger partial charge in [0.05, 0.1) is 13.2 Å². The highest BCUT2D eigenvalue weighted by Crippen LogP contribution is 2.25. The molecule has 120 valence electrons. The molecule has 1 aromatic rings. The Morgan fingerprint density at radius 1 is 1.29 bits per heavy atom. The van der Waals surface area contributed by atoms with Crippen molar-refractivity contribution in [3.8, 4) is 5.75 Å². The number of hydrogen-bond donors (Lipinski definition) is 1. The van der Waals surface area contributed by atoms with E-state index in [1.807, 2.05) is 12.1 Å². The van der Waals surface area contributed by atoms with Gasteiger partial charge in [-0.3, -0.25) is 4.90 Å². The number of benzene rings is 1. The highest BCUT2D eigenvalue weighted by molar-refractivity contribution is 5.31. The first-order chi connectivity index (χ1) is 10.2. The molecule has 0 spiro atoms. The molecule has 2 N–H and O–H groups in total. The van der Waals surface area contributed by atoms with Crippen LogP contribution in [0.3, 0.4) is 0 Å². The van der Waals surface area contributed by atoms with E-state index in [2.05, 4.69) is 37.8 Å². The van der Waals surface area contributed by atoms with Gasteiger partial charge in [-0.25, -0.2) is 0 Å². The third-order valence-corrected chi connectivity index (χ3v) is 3.68. The van der Waals surface area contributed by atoms with Crippen molar-refractivity contribution in [3.05, 3.63) is 29.8 Å². The van der Waals surface area contributed by atoms with E-state index in [0.717, 1.165) is 25.3 Å². The summed E-state index contributed by atoms with van der Waals surface area (Å²) in [5.41, 5.74) is 7.25. The van der Waals surface area contributed by atoms with Gasteiger partial charge in [-0.15, -0.1) is 0 Å². The normalized spacial score (nSPS) is 14.2. The smallest absolute Gasteiger partial charge is 0.119 e. The Morgan fingerprint density at radius 2 is 2.05 bits per heavy atom. The van der Waals surface area contributed by atoms with E-state index in [9.17, 15) is 0 Å². The number of methoxy groups -OCH3 is 1. The van der Waals surface area contributed by atoms with Crippen molar-refractivity contribution in [1.82, 2.24) is 4.90 Å². The fraction of sp³-hybridized carbons (Fsp3) is 0.647. The van der Waals surface area contributed by atoms with Crippen LogP contribution in [-0.2, 0) is 4.74 Å². The second-order valence-electron chi connectivity index (χ2n) is 5.31. The van der Waals surface area contributed by atoms with Gasteiger partial charge in [-0.2, -0.15) is 0 Å². The average Bonchev–Trinajstić information content (AvgIpc) is 2.50. The second-order valence-corrected chi connectivity index (χ2v) is 5.31. The molecular weight excluding hydrogens is 264 g/mol. The second kappa shape index (κ2) is 9.77. The molecule has 0 heterocycles. The summed E-state index contributed by atoms with van der Waals surface area (Å²) in [6.45, 7) is 9.41. The Bertz CT molecular complexity index is 398. The fourth-order valence-electron chi connectivity index (χ4n) is 2.67. The van der Waals surface area contributed by atoms with Crippen LogP contribution in [0, 0.1) is 0 Å². The van der Waals surface area contributed by atoms with Gasteiger partial charge in [0.15, 0.2) is 0 Å². The molecule has 0 saturated heterocycles. The van der Waals surface area contributed by atoms with E-state index in [4.69, 9.17) is 15.2 Å². The standard InChI is InChI=1S/C17H30N2O2/c1-5-10-21-16-9-7-8-15(11-16)17(12-18)19(6-2)14(3)13-20-4/h7-9,11,14,17H,5-6,10,12-13,18H2,1-4H3. The molecule has 4 heteroatoms. The number of hydrogen-bond acceptors (Lipinski definition) is 4. The lowest BCUT2D eigenvalue weighted by Crippen LogP contribution is -2.42. The van der Waals surface area contributed by atoms with Crippen molar-refractivity contribution < 1.29 is 9.47 Å². The third-order valence-electron chi connectivity index (χ3n) is 3.68. The number of nitrogens with two attached hydrogens (primary N) is 1. The maximum atomic E-state index is 6.04. The van der Waals surface area contributed by atoms with Crippen LogP contribution in [-0.4, -0.2) is 44.4 Å². The minimum absolute atomic E-state index is 0.185. The van der Waals surface area contributed by atoms with E-state index in [1.54, 1.807) is 7.11 Å². The first-order valence-corrected chi connectivity index (χ1v) is 7.85. The van der Waals surface area contributed by atoms with Gasteiger partial charge in [0.2, 0.25) is 0 Å². The van der Waals surface area contributed by atoms with Crippen LogP contribution < -0.4 is 10.5 Å². The molecule has 0 saturated carbocycles. The van der Waals surface area contributed by atoms with Crippen molar-refractivity contribution in [1.29, 1.82) is 0 Å². The van der Waals surface area contributed by atoms with Crippen LogP contribution in [0.5, 0.6) is 5.75 Å². The average molecular weight is 294 g/mol. The first-order valence-electron chi connectivity index (χ1n) is 7.85. The molecule has 1 aromatic carbocycles. The van der Waals surface area contributed by atoms with Crippen LogP contribution in [0.25, 0.3) is 0 Å². The van der Waals surface area contributed by atoms with Gasteiger partial charge >= 0.3 is 0 Å². The molecule has 0 aliphatic carbocycles. The van der Waals surface area contributed by atoms with Crippen LogP contribution in [0.15, 0.2) is 24.3 Å². The minimum Gasteiger partial charge on any atom is -0.494 e. The van der Waals surface area contributed by atoms with Crippen LogP contribution >= 0.6 is 0 Å². The molecule has 0 aliphatic heterocycles. The third kappa shape index (κ3) is 5.30. The highest BCUT2D eigenvalue weighted by Gasteiger charge is 2.22. The molecular formula is C17H30N2O2. The molecule has 2 unspecified atom stereocenters. The van der Waals surface area contributed by atoms with E-state index in [-0.39, 0.29) is 6.04 Å². The quantitative estimate of drug-likeness (QED) is 0.721. The lowest BCUT2D eigenvalue weighted by molar-refractivity contribution is 0.0750. The van der Waals surface area contributed by atoms with E-state index < -0.39 is 0 Å². The molecule has 0 amide bonds. The van der Waals surface area contributed by atoms with Crippen molar-refractivity contribution >= 4 is 0 Å². The van der Waals surface area contributed by atoms with Gasteiger partial charge in [0.25, 0.3) is 0 Å². The molecule has 4 nitrogen and oxygen atoms in total.